The third-order valence-corrected chi connectivity index (χ3v) is 3.83. The Morgan fingerprint density at radius 3 is 2.74 bits per heavy atom. The van der Waals surface area contributed by atoms with Crippen LogP contribution in [-0.4, -0.2) is 25.8 Å². The lowest BCUT2D eigenvalue weighted by Gasteiger charge is -2.24. The minimum absolute atomic E-state index is 0.277. The summed E-state index contributed by atoms with van der Waals surface area (Å²) in [7, 11) is 0. The van der Waals surface area contributed by atoms with Gasteiger partial charge in [-0.2, -0.15) is 0 Å². The average Bonchev–Trinajstić information content (AvgIpc) is 2.80. The highest BCUT2D eigenvalue weighted by atomic mass is 16.5. The lowest BCUT2D eigenvalue weighted by Crippen LogP contribution is -2.27. The molecule has 2 aromatic carbocycles. The molecule has 4 heteroatoms. The van der Waals surface area contributed by atoms with E-state index in [0.29, 0.717) is 0 Å². The quantitative estimate of drug-likeness (QED) is 0.769. The number of para-hydroxylation sites is 2. The smallest absolute Gasteiger partial charge is 0.143 e. The first-order chi connectivity index (χ1) is 11.2. The highest BCUT2D eigenvalue weighted by Crippen LogP contribution is 2.29. The summed E-state index contributed by atoms with van der Waals surface area (Å²) in [5.74, 6) is 1.96. The molecule has 0 radical (unpaired) electrons. The van der Waals surface area contributed by atoms with E-state index in [1.165, 1.54) is 5.56 Å². The van der Waals surface area contributed by atoms with Gasteiger partial charge in [-0.1, -0.05) is 18.2 Å². The molecule has 2 aliphatic rings. The number of nitrogens with one attached hydrogen (secondary N) is 2. The van der Waals surface area contributed by atoms with Gasteiger partial charge >= 0.3 is 0 Å². The van der Waals surface area contributed by atoms with Gasteiger partial charge in [-0.15, -0.1) is 0 Å². The molecule has 0 saturated carbocycles. The van der Waals surface area contributed by atoms with Crippen molar-refractivity contribution in [3.8, 4) is 11.5 Å². The van der Waals surface area contributed by atoms with Gasteiger partial charge in [0.15, 0.2) is 0 Å². The number of anilines is 2. The van der Waals surface area contributed by atoms with Crippen molar-refractivity contribution in [1.82, 2.24) is 0 Å². The summed E-state index contributed by atoms with van der Waals surface area (Å²) in [6.45, 7) is 6.87. The first-order valence-electron chi connectivity index (χ1n) is 8.19. The Hall–Kier alpha value is -2.36. The topological polar surface area (TPSA) is 42.5 Å². The summed E-state index contributed by atoms with van der Waals surface area (Å²) in [4.78, 5) is 0. The Bertz CT molecular complexity index is 633. The fourth-order valence-electron chi connectivity index (χ4n) is 2.60. The van der Waals surface area contributed by atoms with Crippen molar-refractivity contribution in [2.45, 2.75) is 26.4 Å². The molecule has 2 heterocycles. The van der Waals surface area contributed by atoms with E-state index >= 15 is 0 Å². The molecule has 122 valence electrons. The van der Waals surface area contributed by atoms with Crippen LogP contribution in [0.3, 0.4) is 0 Å². The minimum atomic E-state index is 0.277. The van der Waals surface area contributed by atoms with Crippen molar-refractivity contribution in [1.29, 1.82) is 0 Å². The monoisotopic (exact) mass is 312 g/mol. The largest absolute Gasteiger partial charge is 0.491 e. The zero-order valence-electron chi connectivity index (χ0n) is 13.8. The molecule has 4 nitrogen and oxygen atoms in total. The van der Waals surface area contributed by atoms with Crippen molar-refractivity contribution >= 4 is 11.4 Å². The first-order valence-corrected chi connectivity index (χ1v) is 8.19. The highest BCUT2D eigenvalue weighted by molar-refractivity contribution is 5.59. The third-order valence-electron chi connectivity index (χ3n) is 3.83. The number of fused-ring (bicyclic) bond motifs is 2. The summed E-state index contributed by atoms with van der Waals surface area (Å²) < 4.78 is 11.1. The summed E-state index contributed by atoms with van der Waals surface area (Å²) in [6, 6.07) is 14.3. The standard InChI is InChI=1S/C10H13NO.C9H11NO/c1-7-3-4-9-10(5-7)12-8(2)6-11-9;1-2-5-9-8(4-1)10-6-3-7-11-9/h3-5,8,11H,6H2,1-2H3;1-2,4-5,10H,3,6-7H2. The zero-order valence-corrected chi connectivity index (χ0v) is 13.8. The Morgan fingerprint density at radius 1 is 1.00 bits per heavy atom. The molecule has 0 fully saturated rings. The van der Waals surface area contributed by atoms with Crippen LogP contribution in [0.15, 0.2) is 42.5 Å². The van der Waals surface area contributed by atoms with Gasteiger partial charge in [0.1, 0.15) is 17.6 Å². The molecule has 0 bridgehead atoms. The number of benzene rings is 2. The van der Waals surface area contributed by atoms with E-state index in [4.69, 9.17) is 9.47 Å². The minimum Gasteiger partial charge on any atom is -0.491 e. The van der Waals surface area contributed by atoms with Gasteiger partial charge in [0, 0.05) is 6.54 Å². The molecule has 2 N–H and O–H groups in total. The van der Waals surface area contributed by atoms with Crippen LogP contribution in [0.2, 0.25) is 0 Å². The second-order valence-corrected chi connectivity index (χ2v) is 5.93. The van der Waals surface area contributed by atoms with Crippen LogP contribution in [-0.2, 0) is 0 Å². The van der Waals surface area contributed by atoms with Gasteiger partial charge in [0.05, 0.1) is 24.5 Å². The molecule has 23 heavy (non-hydrogen) atoms. The zero-order chi connectivity index (χ0) is 16.1. The van der Waals surface area contributed by atoms with E-state index < -0.39 is 0 Å². The number of hydrogen-bond acceptors (Lipinski definition) is 4. The Kier molecular flexibility index (Phi) is 4.91. The SMILES string of the molecule is Cc1ccc2c(c1)OC(C)CN2.c1ccc2c(c1)NCCCO2. The van der Waals surface area contributed by atoms with Crippen molar-refractivity contribution in [2.24, 2.45) is 0 Å². The van der Waals surface area contributed by atoms with Crippen molar-refractivity contribution in [3.63, 3.8) is 0 Å². The van der Waals surface area contributed by atoms with E-state index in [0.717, 1.165) is 49.0 Å². The molecule has 0 amide bonds. The van der Waals surface area contributed by atoms with E-state index in [1.54, 1.807) is 0 Å². The number of hydrogen-bond donors (Lipinski definition) is 2. The molecule has 2 aliphatic heterocycles. The fraction of sp³-hybridized carbons (Fsp3) is 0.368. The van der Waals surface area contributed by atoms with Gasteiger partial charge in [-0.25, -0.2) is 0 Å². The summed E-state index contributed by atoms with van der Waals surface area (Å²) >= 11 is 0. The number of ether oxygens (including phenoxy) is 2. The molecular formula is C19H24N2O2. The molecule has 2 aromatic rings. The van der Waals surface area contributed by atoms with Crippen LogP contribution in [0, 0.1) is 6.92 Å². The molecule has 1 unspecified atom stereocenters. The van der Waals surface area contributed by atoms with Crippen molar-refractivity contribution in [3.05, 3.63) is 48.0 Å². The normalized spacial score (nSPS) is 18.3. The van der Waals surface area contributed by atoms with E-state index in [9.17, 15) is 0 Å². The summed E-state index contributed by atoms with van der Waals surface area (Å²) in [5.41, 5.74) is 3.47. The van der Waals surface area contributed by atoms with Gasteiger partial charge in [0.2, 0.25) is 0 Å². The molecule has 0 spiro atoms. The lowest BCUT2D eigenvalue weighted by atomic mass is 10.2. The van der Waals surface area contributed by atoms with Crippen LogP contribution in [0.4, 0.5) is 11.4 Å². The van der Waals surface area contributed by atoms with Crippen molar-refractivity contribution < 1.29 is 9.47 Å². The van der Waals surface area contributed by atoms with E-state index in [-0.39, 0.29) is 6.10 Å². The van der Waals surface area contributed by atoms with E-state index in [2.05, 4.69) is 42.7 Å². The Balaban J connectivity index is 0.000000136. The van der Waals surface area contributed by atoms with Gasteiger partial charge in [-0.05, 0) is 50.1 Å². The Morgan fingerprint density at radius 2 is 1.83 bits per heavy atom. The second kappa shape index (κ2) is 7.27. The van der Waals surface area contributed by atoms with E-state index in [1.807, 2.05) is 24.3 Å². The first kappa shape index (κ1) is 15.5. The third kappa shape index (κ3) is 4.09. The fourth-order valence-corrected chi connectivity index (χ4v) is 2.60. The van der Waals surface area contributed by atoms with Crippen LogP contribution in [0.25, 0.3) is 0 Å². The lowest BCUT2D eigenvalue weighted by molar-refractivity contribution is 0.226. The summed E-state index contributed by atoms with van der Waals surface area (Å²) in [6.07, 6.45) is 1.36. The number of rotatable bonds is 0. The molecule has 4 rings (SSSR count). The summed E-state index contributed by atoms with van der Waals surface area (Å²) in [5, 5.41) is 6.61. The maximum atomic E-state index is 5.65. The maximum Gasteiger partial charge on any atom is 0.143 e. The van der Waals surface area contributed by atoms with Gasteiger partial charge < -0.3 is 20.1 Å². The molecular weight excluding hydrogens is 288 g/mol. The molecule has 0 saturated heterocycles. The Labute approximate surface area is 137 Å². The predicted octanol–water partition coefficient (Wildman–Crippen LogP) is 4.07. The van der Waals surface area contributed by atoms with Crippen molar-refractivity contribution in [2.75, 3.05) is 30.3 Å². The predicted molar refractivity (Wildman–Crippen MR) is 94.8 cm³/mol. The highest BCUT2D eigenvalue weighted by Gasteiger charge is 2.14. The maximum absolute atomic E-state index is 5.65. The van der Waals surface area contributed by atoms with Crippen LogP contribution >= 0.6 is 0 Å². The second-order valence-electron chi connectivity index (χ2n) is 5.93. The van der Waals surface area contributed by atoms with Crippen LogP contribution < -0.4 is 20.1 Å². The van der Waals surface area contributed by atoms with Crippen LogP contribution in [0.1, 0.15) is 18.9 Å². The average molecular weight is 312 g/mol. The molecule has 1 atom stereocenters. The van der Waals surface area contributed by atoms with Gasteiger partial charge in [-0.3, -0.25) is 0 Å². The molecule has 0 aliphatic carbocycles. The number of aryl methyl sites for hydroxylation is 1. The van der Waals surface area contributed by atoms with Gasteiger partial charge in [0.25, 0.3) is 0 Å². The molecule has 0 aromatic heterocycles. The van der Waals surface area contributed by atoms with Crippen LogP contribution in [0.5, 0.6) is 11.5 Å².